The molecule has 0 aliphatic carbocycles. The van der Waals surface area contributed by atoms with Crippen molar-refractivity contribution < 1.29 is 0 Å². The number of rotatable bonds is 20. The first-order chi connectivity index (χ1) is 18.9. The fraction of sp³-hybridized carbons (Fsp3) is 0.692. The summed E-state index contributed by atoms with van der Waals surface area (Å²) in [5, 5.41) is 0. The Morgan fingerprint density at radius 1 is 0.385 bits per heavy atom. The van der Waals surface area contributed by atoms with Gasteiger partial charge in [0.05, 0.1) is 0 Å². The maximum atomic E-state index is 2.56. The van der Waals surface area contributed by atoms with Crippen molar-refractivity contribution >= 4 is 0 Å². The summed E-state index contributed by atoms with van der Waals surface area (Å²) in [7, 11) is 0. The van der Waals surface area contributed by atoms with Gasteiger partial charge in [-0.3, -0.25) is 0 Å². The Kier molecular flexibility index (Phi) is 15.5. The Bertz CT molecular complexity index is 883. The molecule has 0 fully saturated rings. The van der Waals surface area contributed by atoms with Gasteiger partial charge in [0.1, 0.15) is 0 Å². The average Bonchev–Trinajstić information content (AvgIpc) is 2.94. The van der Waals surface area contributed by atoms with Crippen molar-refractivity contribution in [3.63, 3.8) is 0 Å². The lowest BCUT2D eigenvalue weighted by Gasteiger charge is -2.34. The molecule has 2 aromatic rings. The highest BCUT2D eigenvalue weighted by Gasteiger charge is 2.31. The number of aryl methyl sites for hydroxylation is 2. The molecule has 0 aliphatic heterocycles. The first-order valence-corrected chi connectivity index (χ1v) is 17.2. The van der Waals surface area contributed by atoms with E-state index in [-0.39, 0.29) is 5.41 Å². The van der Waals surface area contributed by atoms with Crippen LogP contribution in [-0.4, -0.2) is 0 Å². The third-order valence-electron chi connectivity index (χ3n) is 9.12. The first kappa shape index (κ1) is 33.6. The fourth-order valence-electron chi connectivity index (χ4n) is 6.61. The summed E-state index contributed by atoms with van der Waals surface area (Å²) in [6.45, 7) is 19.2. The van der Waals surface area contributed by atoms with Crippen LogP contribution < -0.4 is 0 Å². The topological polar surface area (TPSA) is 0 Å². The molecule has 0 saturated carbocycles. The van der Waals surface area contributed by atoms with Gasteiger partial charge >= 0.3 is 0 Å². The zero-order valence-electron chi connectivity index (χ0n) is 27.5. The van der Waals surface area contributed by atoms with Crippen LogP contribution >= 0.6 is 0 Å². The zero-order valence-corrected chi connectivity index (χ0v) is 27.5. The van der Waals surface area contributed by atoms with Crippen LogP contribution in [0.1, 0.15) is 177 Å². The molecule has 2 aromatic carbocycles. The highest BCUT2D eigenvalue weighted by atomic mass is 14.3. The Hall–Kier alpha value is -1.56. The van der Waals surface area contributed by atoms with Crippen LogP contribution in [0.5, 0.6) is 0 Å². The van der Waals surface area contributed by atoms with Gasteiger partial charge in [0.2, 0.25) is 0 Å². The van der Waals surface area contributed by atoms with Gasteiger partial charge in [-0.05, 0) is 122 Å². The molecule has 0 amide bonds. The van der Waals surface area contributed by atoms with E-state index in [2.05, 4.69) is 79.7 Å². The minimum absolute atomic E-state index is 0.0145. The maximum absolute atomic E-state index is 2.56. The van der Waals surface area contributed by atoms with Gasteiger partial charge in [0.15, 0.2) is 0 Å². The summed E-state index contributed by atoms with van der Waals surface area (Å²) in [4.78, 5) is 0. The summed E-state index contributed by atoms with van der Waals surface area (Å²) in [6, 6.07) is 10.2. The monoisotopic (exact) mass is 533 g/mol. The van der Waals surface area contributed by atoms with Crippen molar-refractivity contribution in [3.05, 3.63) is 68.8 Å². The number of hydrogen-bond acceptors (Lipinski definition) is 0. The summed E-state index contributed by atoms with van der Waals surface area (Å²) in [5.74, 6) is 0. The Balaban J connectivity index is 2.79. The van der Waals surface area contributed by atoms with Crippen LogP contribution in [0.15, 0.2) is 24.3 Å². The van der Waals surface area contributed by atoms with E-state index in [4.69, 9.17) is 0 Å². The molecule has 0 saturated heterocycles. The summed E-state index contributed by atoms with van der Waals surface area (Å²) < 4.78 is 0. The molecule has 0 atom stereocenters. The smallest absolute Gasteiger partial charge is 0.0152 e. The molecule has 0 aromatic heterocycles. The third-order valence-corrected chi connectivity index (χ3v) is 9.12. The van der Waals surface area contributed by atoms with Gasteiger partial charge in [-0.25, -0.2) is 0 Å². The minimum Gasteiger partial charge on any atom is -0.0654 e. The first-order valence-electron chi connectivity index (χ1n) is 17.2. The fourth-order valence-corrected chi connectivity index (χ4v) is 6.61. The van der Waals surface area contributed by atoms with Gasteiger partial charge in [-0.15, -0.1) is 0 Å². The van der Waals surface area contributed by atoms with Crippen LogP contribution in [0.25, 0.3) is 0 Å². The Morgan fingerprint density at radius 3 is 0.974 bits per heavy atom. The van der Waals surface area contributed by atoms with E-state index < -0.39 is 0 Å². The highest BCUT2D eigenvalue weighted by Crippen LogP contribution is 2.41. The molecule has 220 valence electrons. The maximum Gasteiger partial charge on any atom is 0.0152 e. The van der Waals surface area contributed by atoms with Crippen molar-refractivity contribution in [1.29, 1.82) is 0 Å². The lowest BCUT2D eigenvalue weighted by Crippen LogP contribution is -2.25. The van der Waals surface area contributed by atoms with Crippen molar-refractivity contribution in [1.82, 2.24) is 0 Å². The van der Waals surface area contributed by atoms with Crippen molar-refractivity contribution in [2.75, 3.05) is 0 Å². The molecule has 0 nitrogen and oxygen atoms in total. The molecule has 0 radical (unpaired) electrons. The van der Waals surface area contributed by atoms with Crippen molar-refractivity contribution in [2.45, 2.75) is 176 Å². The molecule has 0 aliphatic rings. The minimum atomic E-state index is 0.0145. The largest absolute Gasteiger partial charge is 0.0654 e. The average molecular weight is 533 g/mol. The second kappa shape index (κ2) is 18.0. The predicted molar refractivity (Wildman–Crippen MR) is 177 cm³/mol. The number of hydrogen-bond donors (Lipinski definition) is 0. The van der Waals surface area contributed by atoms with E-state index in [9.17, 15) is 0 Å². The Morgan fingerprint density at radius 2 is 0.667 bits per heavy atom. The molecule has 0 unspecified atom stereocenters. The molecule has 0 heteroatoms. The van der Waals surface area contributed by atoms with Gasteiger partial charge in [-0.1, -0.05) is 118 Å². The highest BCUT2D eigenvalue weighted by molar-refractivity contribution is 5.53. The molecule has 39 heavy (non-hydrogen) atoms. The van der Waals surface area contributed by atoms with Crippen molar-refractivity contribution in [3.8, 4) is 0 Å². The third kappa shape index (κ3) is 9.23. The van der Waals surface area contributed by atoms with Crippen LogP contribution in [0.4, 0.5) is 0 Å². The molecule has 0 N–H and O–H groups in total. The predicted octanol–water partition coefficient (Wildman–Crippen LogP) is 12.1. The van der Waals surface area contributed by atoms with E-state index in [0.717, 1.165) is 0 Å². The van der Waals surface area contributed by atoms with Gasteiger partial charge in [0, 0.05) is 5.41 Å². The van der Waals surface area contributed by atoms with Crippen LogP contribution in [0, 0.1) is 0 Å². The quantitative estimate of drug-likeness (QED) is 0.159. The lowest BCUT2D eigenvalue weighted by atomic mass is 9.70. The van der Waals surface area contributed by atoms with E-state index in [1.54, 1.807) is 44.5 Å². The molecule has 0 spiro atoms. The lowest BCUT2D eigenvalue weighted by molar-refractivity contribution is 0.604. The van der Waals surface area contributed by atoms with Gasteiger partial charge < -0.3 is 0 Å². The molecular formula is C39H64. The van der Waals surface area contributed by atoms with E-state index in [1.165, 1.54) is 116 Å². The summed E-state index contributed by atoms with van der Waals surface area (Å²) in [6.07, 6.45) is 22.9. The SMILES string of the molecule is CCCCc1ccc(C(C)(C)c2ccc(CCCC)c(CCCC)c2CCCC)c(CCCC)c1CCCC. The number of unbranched alkanes of at least 4 members (excludes halogenated alkanes) is 6. The van der Waals surface area contributed by atoms with E-state index >= 15 is 0 Å². The molecular weight excluding hydrogens is 468 g/mol. The molecule has 2 rings (SSSR count). The van der Waals surface area contributed by atoms with Crippen LogP contribution in [0.3, 0.4) is 0 Å². The second-order valence-electron chi connectivity index (χ2n) is 12.7. The Labute approximate surface area is 244 Å². The molecule has 0 heterocycles. The number of benzene rings is 2. The molecule has 0 bridgehead atoms. The van der Waals surface area contributed by atoms with Gasteiger partial charge in [-0.2, -0.15) is 0 Å². The van der Waals surface area contributed by atoms with E-state index in [0.29, 0.717) is 0 Å². The standard InChI is InChI=1S/C39H64/c1-9-15-21-31-27-29-37(35(25-19-13-5)33(31)23-17-11-3)39(7,8)38-30-28-32(22-16-10-2)34(24-18-12-4)36(38)26-20-14-6/h27-30H,9-26H2,1-8H3. The summed E-state index contributed by atoms with van der Waals surface area (Å²) in [5.41, 5.74) is 13.4. The van der Waals surface area contributed by atoms with Gasteiger partial charge in [0.25, 0.3) is 0 Å². The van der Waals surface area contributed by atoms with Crippen molar-refractivity contribution in [2.24, 2.45) is 0 Å². The van der Waals surface area contributed by atoms with Crippen LogP contribution in [0.2, 0.25) is 0 Å². The zero-order chi connectivity index (χ0) is 28.7. The second-order valence-corrected chi connectivity index (χ2v) is 12.7. The summed E-state index contributed by atoms with van der Waals surface area (Å²) >= 11 is 0. The van der Waals surface area contributed by atoms with E-state index in [1.807, 2.05) is 0 Å². The van der Waals surface area contributed by atoms with Crippen LogP contribution in [-0.2, 0) is 43.9 Å². The normalized spacial score (nSPS) is 11.9.